The molecule has 2 aromatic carbocycles. The molecule has 0 fully saturated rings. The summed E-state index contributed by atoms with van der Waals surface area (Å²) in [6.45, 7) is 0. The van der Waals surface area contributed by atoms with Crippen LogP contribution in [0.15, 0.2) is 53.2 Å². The van der Waals surface area contributed by atoms with E-state index in [4.69, 9.17) is 33.2 Å². The first-order valence-electron chi connectivity index (χ1n) is 6.55. The van der Waals surface area contributed by atoms with E-state index in [0.717, 1.165) is 5.56 Å². The van der Waals surface area contributed by atoms with Gasteiger partial charge in [-0.3, -0.25) is 0 Å². The highest BCUT2D eigenvalue weighted by Gasteiger charge is 2.25. The van der Waals surface area contributed by atoms with E-state index in [9.17, 15) is 4.79 Å². The van der Waals surface area contributed by atoms with Crippen LogP contribution in [0.25, 0.3) is 6.08 Å². The third kappa shape index (κ3) is 3.26. The lowest BCUT2D eigenvalue weighted by atomic mass is 10.1. The molecule has 0 saturated heterocycles. The highest BCUT2D eigenvalue weighted by atomic mass is 35.5. The molecule has 2 aromatic rings. The number of esters is 1. The number of hydrogen-bond acceptors (Lipinski definition) is 4. The van der Waals surface area contributed by atoms with Crippen LogP contribution in [-0.2, 0) is 9.53 Å². The van der Waals surface area contributed by atoms with Crippen molar-refractivity contribution in [1.82, 2.24) is 0 Å². The van der Waals surface area contributed by atoms with Crippen LogP contribution in [0.3, 0.4) is 0 Å². The Hall–Kier alpha value is -2.61. The van der Waals surface area contributed by atoms with Crippen LogP contribution in [0.1, 0.15) is 16.7 Å². The largest absolute Gasteiger partial charge is 0.402 e. The zero-order chi connectivity index (χ0) is 16.4. The molecule has 1 aliphatic rings. The van der Waals surface area contributed by atoms with Gasteiger partial charge in [0.15, 0.2) is 5.70 Å². The van der Waals surface area contributed by atoms with Crippen LogP contribution in [0.2, 0.25) is 10.0 Å². The lowest BCUT2D eigenvalue weighted by molar-refractivity contribution is -0.129. The molecule has 1 aliphatic heterocycles. The average Bonchev–Trinajstić information content (AvgIpc) is 2.88. The van der Waals surface area contributed by atoms with Gasteiger partial charge in [0.25, 0.3) is 0 Å². The lowest BCUT2D eigenvalue weighted by Gasteiger charge is -2.02. The fourth-order valence-corrected chi connectivity index (χ4v) is 2.49. The van der Waals surface area contributed by atoms with Crippen LogP contribution < -0.4 is 0 Å². The van der Waals surface area contributed by atoms with Gasteiger partial charge in [-0.05, 0) is 42.0 Å². The van der Waals surface area contributed by atoms with Crippen LogP contribution >= 0.6 is 23.2 Å². The van der Waals surface area contributed by atoms with Gasteiger partial charge in [0, 0.05) is 5.02 Å². The van der Waals surface area contributed by atoms with Crippen molar-refractivity contribution in [3.05, 3.63) is 74.9 Å². The summed E-state index contributed by atoms with van der Waals surface area (Å²) in [6, 6.07) is 13.6. The summed E-state index contributed by atoms with van der Waals surface area (Å²) in [5.74, 6) is -0.424. The number of ether oxygens (including phenoxy) is 1. The van der Waals surface area contributed by atoms with E-state index in [0.29, 0.717) is 21.2 Å². The summed E-state index contributed by atoms with van der Waals surface area (Å²) in [6.07, 6.45) is 1.58. The van der Waals surface area contributed by atoms with Gasteiger partial charge in [-0.25, -0.2) is 9.79 Å². The van der Waals surface area contributed by atoms with E-state index in [1.54, 1.807) is 48.5 Å². The molecule has 4 nitrogen and oxygen atoms in total. The van der Waals surface area contributed by atoms with Gasteiger partial charge >= 0.3 is 5.97 Å². The molecule has 0 unspecified atom stereocenters. The molecule has 6 heteroatoms. The van der Waals surface area contributed by atoms with Crippen molar-refractivity contribution in [3.8, 4) is 6.07 Å². The van der Waals surface area contributed by atoms with Gasteiger partial charge in [-0.15, -0.1) is 0 Å². The molecule has 0 N–H and O–H groups in total. The number of hydrogen-bond donors (Lipinski definition) is 0. The maximum Gasteiger partial charge on any atom is 0.363 e. The molecule has 0 saturated carbocycles. The van der Waals surface area contributed by atoms with E-state index in [2.05, 4.69) is 4.99 Å². The summed E-state index contributed by atoms with van der Waals surface area (Å²) in [4.78, 5) is 16.1. The molecule has 23 heavy (non-hydrogen) atoms. The van der Waals surface area contributed by atoms with Crippen molar-refractivity contribution in [1.29, 1.82) is 5.26 Å². The van der Waals surface area contributed by atoms with Crippen LogP contribution in [0.5, 0.6) is 0 Å². The van der Waals surface area contributed by atoms with Gasteiger partial charge in [0.2, 0.25) is 5.90 Å². The maximum atomic E-state index is 11.9. The minimum Gasteiger partial charge on any atom is -0.402 e. The molecule has 0 aromatic heterocycles. The molecule has 0 radical (unpaired) electrons. The van der Waals surface area contributed by atoms with E-state index in [1.807, 2.05) is 6.07 Å². The number of aliphatic imine (C=N–C) groups is 1. The third-order valence-corrected chi connectivity index (χ3v) is 3.67. The molecule has 0 atom stereocenters. The average molecular weight is 343 g/mol. The quantitative estimate of drug-likeness (QED) is 0.606. The second-order valence-electron chi connectivity index (χ2n) is 4.69. The summed E-state index contributed by atoms with van der Waals surface area (Å²) in [7, 11) is 0. The fourth-order valence-electron chi connectivity index (χ4n) is 2.00. The first kappa shape index (κ1) is 15.3. The van der Waals surface area contributed by atoms with Crippen molar-refractivity contribution in [3.63, 3.8) is 0 Å². The van der Waals surface area contributed by atoms with E-state index >= 15 is 0 Å². The van der Waals surface area contributed by atoms with Crippen molar-refractivity contribution < 1.29 is 9.53 Å². The minimum atomic E-state index is -0.560. The predicted molar refractivity (Wildman–Crippen MR) is 88.2 cm³/mol. The number of nitriles is 1. The van der Waals surface area contributed by atoms with E-state index in [-0.39, 0.29) is 11.6 Å². The van der Waals surface area contributed by atoms with Gasteiger partial charge in [-0.1, -0.05) is 35.3 Å². The van der Waals surface area contributed by atoms with Crippen LogP contribution in [0, 0.1) is 11.3 Å². The minimum absolute atomic E-state index is 0.136. The Kier molecular flexibility index (Phi) is 4.16. The summed E-state index contributed by atoms with van der Waals surface area (Å²) in [5.41, 5.74) is 1.94. The number of halogens is 2. The normalized spacial score (nSPS) is 15.3. The Balaban J connectivity index is 1.94. The standard InChI is InChI=1S/C17H8Cl2N2O2/c18-12-5-6-13(14(19)8-12)16-21-15(17(22)23-16)7-10-1-3-11(9-20)4-2-10/h1-8H/b15-7+. The van der Waals surface area contributed by atoms with Gasteiger partial charge < -0.3 is 4.74 Å². The number of rotatable bonds is 2. The Morgan fingerprint density at radius 2 is 1.87 bits per heavy atom. The van der Waals surface area contributed by atoms with Gasteiger partial charge in [0.1, 0.15) is 0 Å². The van der Waals surface area contributed by atoms with Gasteiger partial charge in [0.05, 0.1) is 22.2 Å². The smallest absolute Gasteiger partial charge is 0.363 e. The summed E-state index contributed by atoms with van der Waals surface area (Å²) < 4.78 is 5.16. The maximum absolute atomic E-state index is 11.9. The zero-order valence-electron chi connectivity index (χ0n) is 11.6. The van der Waals surface area contributed by atoms with Gasteiger partial charge in [-0.2, -0.15) is 5.26 Å². The SMILES string of the molecule is N#Cc1ccc(/C=C2/N=C(c3ccc(Cl)cc3Cl)OC2=O)cc1. The highest BCUT2D eigenvalue weighted by Crippen LogP contribution is 2.26. The first-order chi connectivity index (χ1) is 11.1. The summed E-state index contributed by atoms with van der Waals surface area (Å²) >= 11 is 11.9. The number of nitrogens with zero attached hydrogens (tertiary/aromatic N) is 2. The second kappa shape index (κ2) is 6.25. The molecule has 0 bridgehead atoms. The molecule has 0 amide bonds. The second-order valence-corrected chi connectivity index (χ2v) is 5.54. The fraction of sp³-hybridized carbons (Fsp3) is 0. The number of benzene rings is 2. The zero-order valence-corrected chi connectivity index (χ0v) is 13.1. The molecule has 0 aliphatic carbocycles. The summed E-state index contributed by atoms with van der Waals surface area (Å²) in [5, 5.41) is 9.61. The molecular weight excluding hydrogens is 335 g/mol. The number of carbonyl (C=O) groups excluding carboxylic acids is 1. The Morgan fingerprint density at radius 1 is 1.13 bits per heavy atom. The van der Waals surface area contributed by atoms with Crippen molar-refractivity contribution in [2.75, 3.05) is 0 Å². The number of cyclic esters (lactones) is 1. The third-order valence-electron chi connectivity index (χ3n) is 3.13. The Bertz CT molecular complexity index is 894. The molecule has 0 spiro atoms. The Labute approximate surface area is 142 Å². The topological polar surface area (TPSA) is 62.4 Å². The molecule has 3 rings (SSSR count). The van der Waals surface area contributed by atoms with Crippen molar-refractivity contribution in [2.45, 2.75) is 0 Å². The predicted octanol–water partition coefficient (Wildman–Crippen LogP) is 4.21. The lowest BCUT2D eigenvalue weighted by Crippen LogP contribution is -2.05. The number of carbonyl (C=O) groups is 1. The monoisotopic (exact) mass is 342 g/mol. The molecule has 112 valence electrons. The first-order valence-corrected chi connectivity index (χ1v) is 7.30. The van der Waals surface area contributed by atoms with E-state index < -0.39 is 5.97 Å². The molecular formula is C17H8Cl2N2O2. The Morgan fingerprint density at radius 3 is 2.52 bits per heavy atom. The van der Waals surface area contributed by atoms with Crippen molar-refractivity contribution >= 4 is 41.1 Å². The van der Waals surface area contributed by atoms with E-state index in [1.165, 1.54) is 0 Å². The highest BCUT2D eigenvalue weighted by molar-refractivity contribution is 6.37. The van der Waals surface area contributed by atoms with Crippen LogP contribution in [-0.4, -0.2) is 11.9 Å². The molecule has 1 heterocycles. The van der Waals surface area contributed by atoms with Crippen molar-refractivity contribution in [2.24, 2.45) is 4.99 Å². The van der Waals surface area contributed by atoms with Crippen LogP contribution in [0.4, 0.5) is 0 Å².